The van der Waals surface area contributed by atoms with Crippen LogP contribution < -0.4 is 5.32 Å². The van der Waals surface area contributed by atoms with Gasteiger partial charge in [0.2, 0.25) is 0 Å². The molecule has 1 aromatic rings. The Morgan fingerprint density at radius 3 is 2.46 bits per heavy atom. The van der Waals surface area contributed by atoms with Crippen LogP contribution in [0, 0.1) is 0 Å². The monoisotopic (exact) mass is 181 g/mol. The second-order valence-corrected chi connectivity index (χ2v) is 3.70. The Morgan fingerprint density at radius 2 is 2.00 bits per heavy atom. The highest BCUT2D eigenvalue weighted by molar-refractivity contribution is 5.10. The molecule has 1 aromatic heterocycles. The molecular weight excluding hydrogens is 162 g/mol. The van der Waals surface area contributed by atoms with E-state index in [0.29, 0.717) is 12.1 Å². The van der Waals surface area contributed by atoms with Crippen molar-refractivity contribution in [3.63, 3.8) is 0 Å². The molecule has 1 unspecified atom stereocenters. The molecule has 0 aromatic carbocycles. The number of furan rings is 1. The van der Waals surface area contributed by atoms with Crippen molar-refractivity contribution < 1.29 is 4.42 Å². The van der Waals surface area contributed by atoms with Gasteiger partial charge in [0.1, 0.15) is 11.5 Å². The molecule has 1 N–H and O–H groups in total. The zero-order valence-corrected chi connectivity index (χ0v) is 8.92. The lowest BCUT2D eigenvalue weighted by Crippen LogP contribution is -2.25. The van der Waals surface area contributed by atoms with E-state index in [1.807, 2.05) is 6.07 Å². The average Bonchev–Trinajstić information content (AvgIpc) is 2.50. The summed E-state index contributed by atoms with van der Waals surface area (Å²) in [5.41, 5.74) is 0. The Labute approximate surface area is 80.3 Å². The SMILES string of the molecule is CCc1ccc(C(C)NC(C)C)o1. The summed E-state index contributed by atoms with van der Waals surface area (Å²) in [7, 11) is 0. The quantitative estimate of drug-likeness (QED) is 0.772. The zero-order valence-electron chi connectivity index (χ0n) is 8.92. The second kappa shape index (κ2) is 4.47. The normalized spacial score (nSPS) is 13.6. The van der Waals surface area contributed by atoms with Crippen LogP contribution in [0.5, 0.6) is 0 Å². The summed E-state index contributed by atoms with van der Waals surface area (Å²) in [6.45, 7) is 8.50. The minimum Gasteiger partial charge on any atom is -0.464 e. The minimum atomic E-state index is 0.306. The van der Waals surface area contributed by atoms with Gasteiger partial charge in [-0.2, -0.15) is 0 Å². The molecule has 1 heterocycles. The fourth-order valence-electron chi connectivity index (χ4n) is 1.40. The van der Waals surface area contributed by atoms with E-state index in [1.54, 1.807) is 0 Å². The van der Waals surface area contributed by atoms with Gasteiger partial charge < -0.3 is 9.73 Å². The molecule has 1 rings (SSSR count). The standard InChI is InChI=1S/C11H19NO/c1-5-10-6-7-11(13-10)9(4)12-8(2)3/h6-9,12H,5H2,1-4H3. The van der Waals surface area contributed by atoms with E-state index in [-0.39, 0.29) is 0 Å². The summed E-state index contributed by atoms with van der Waals surface area (Å²) in [5, 5.41) is 3.40. The van der Waals surface area contributed by atoms with Crippen molar-refractivity contribution in [2.24, 2.45) is 0 Å². The van der Waals surface area contributed by atoms with E-state index in [2.05, 4.69) is 39.1 Å². The van der Waals surface area contributed by atoms with Crippen molar-refractivity contribution in [2.75, 3.05) is 0 Å². The Kier molecular flexibility index (Phi) is 3.55. The maximum atomic E-state index is 5.63. The van der Waals surface area contributed by atoms with Crippen LogP contribution in [-0.4, -0.2) is 6.04 Å². The largest absolute Gasteiger partial charge is 0.464 e. The molecule has 13 heavy (non-hydrogen) atoms. The fourth-order valence-corrected chi connectivity index (χ4v) is 1.40. The molecule has 0 fully saturated rings. The van der Waals surface area contributed by atoms with Crippen LogP contribution in [0.3, 0.4) is 0 Å². The molecule has 0 spiro atoms. The molecule has 0 radical (unpaired) electrons. The summed E-state index contributed by atoms with van der Waals surface area (Å²) in [5.74, 6) is 2.10. The van der Waals surface area contributed by atoms with Gasteiger partial charge in [-0.15, -0.1) is 0 Å². The predicted octanol–water partition coefficient (Wildman–Crippen LogP) is 2.90. The number of hydrogen-bond acceptors (Lipinski definition) is 2. The molecule has 0 bridgehead atoms. The lowest BCUT2D eigenvalue weighted by Gasteiger charge is -2.14. The maximum Gasteiger partial charge on any atom is 0.120 e. The molecule has 0 saturated carbocycles. The van der Waals surface area contributed by atoms with Gasteiger partial charge in [0, 0.05) is 12.5 Å². The molecule has 0 aliphatic heterocycles. The summed E-state index contributed by atoms with van der Waals surface area (Å²) in [4.78, 5) is 0. The van der Waals surface area contributed by atoms with Gasteiger partial charge >= 0.3 is 0 Å². The molecule has 0 amide bonds. The third-order valence-electron chi connectivity index (χ3n) is 2.04. The third-order valence-corrected chi connectivity index (χ3v) is 2.04. The van der Waals surface area contributed by atoms with Crippen LogP contribution >= 0.6 is 0 Å². The second-order valence-electron chi connectivity index (χ2n) is 3.70. The lowest BCUT2D eigenvalue weighted by atomic mass is 10.2. The molecule has 0 aliphatic rings. The van der Waals surface area contributed by atoms with Crippen LogP contribution in [0.1, 0.15) is 45.3 Å². The Bertz CT molecular complexity index is 252. The topological polar surface area (TPSA) is 25.2 Å². The molecule has 2 nitrogen and oxygen atoms in total. The third kappa shape index (κ3) is 2.88. The highest BCUT2D eigenvalue weighted by Gasteiger charge is 2.10. The maximum absolute atomic E-state index is 5.63. The van der Waals surface area contributed by atoms with E-state index >= 15 is 0 Å². The van der Waals surface area contributed by atoms with Crippen LogP contribution in [-0.2, 0) is 6.42 Å². The van der Waals surface area contributed by atoms with Crippen molar-refractivity contribution in [3.8, 4) is 0 Å². The molecule has 2 heteroatoms. The average molecular weight is 181 g/mol. The number of nitrogens with one attached hydrogen (secondary N) is 1. The van der Waals surface area contributed by atoms with E-state index in [0.717, 1.165) is 17.9 Å². The van der Waals surface area contributed by atoms with Crippen molar-refractivity contribution in [1.29, 1.82) is 0 Å². The molecular formula is C11H19NO. The summed E-state index contributed by atoms with van der Waals surface area (Å²) < 4.78 is 5.63. The molecule has 0 aliphatic carbocycles. The van der Waals surface area contributed by atoms with Gasteiger partial charge in [-0.1, -0.05) is 20.8 Å². The fraction of sp³-hybridized carbons (Fsp3) is 0.636. The highest BCUT2D eigenvalue weighted by atomic mass is 16.3. The van der Waals surface area contributed by atoms with Crippen LogP contribution in [0.25, 0.3) is 0 Å². The van der Waals surface area contributed by atoms with E-state index < -0.39 is 0 Å². The van der Waals surface area contributed by atoms with Crippen LogP contribution in [0.4, 0.5) is 0 Å². The van der Waals surface area contributed by atoms with Gasteiger partial charge in [0.15, 0.2) is 0 Å². The van der Waals surface area contributed by atoms with Crippen molar-refractivity contribution in [2.45, 2.75) is 46.2 Å². The summed E-state index contributed by atoms with van der Waals surface area (Å²) in [6.07, 6.45) is 0.967. The predicted molar refractivity (Wildman–Crippen MR) is 54.8 cm³/mol. The first-order valence-corrected chi connectivity index (χ1v) is 4.98. The zero-order chi connectivity index (χ0) is 9.84. The van der Waals surface area contributed by atoms with Gasteiger partial charge in [-0.25, -0.2) is 0 Å². The van der Waals surface area contributed by atoms with Gasteiger partial charge in [-0.3, -0.25) is 0 Å². The van der Waals surface area contributed by atoms with E-state index in [4.69, 9.17) is 4.42 Å². The minimum absolute atomic E-state index is 0.306. The summed E-state index contributed by atoms with van der Waals surface area (Å²) in [6, 6.07) is 4.90. The van der Waals surface area contributed by atoms with Gasteiger partial charge in [0.25, 0.3) is 0 Å². The van der Waals surface area contributed by atoms with Crippen molar-refractivity contribution >= 4 is 0 Å². The molecule has 74 valence electrons. The van der Waals surface area contributed by atoms with E-state index in [1.165, 1.54) is 0 Å². The molecule has 0 saturated heterocycles. The Balaban J connectivity index is 2.60. The number of aryl methyl sites for hydroxylation is 1. The van der Waals surface area contributed by atoms with Crippen LogP contribution in [0.2, 0.25) is 0 Å². The van der Waals surface area contributed by atoms with Gasteiger partial charge in [0.05, 0.1) is 6.04 Å². The smallest absolute Gasteiger partial charge is 0.120 e. The first-order valence-electron chi connectivity index (χ1n) is 4.98. The Morgan fingerprint density at radius 1 is 1.31 bits per heavy atom. The first-order chi connectivity index (χ1) is 6.13. The first kappa shape index (κ1) is 10.3. The van der Waals surface area contributed by atoms with Crippen LogP contribution in [0.15, 0.2) is 16.5 Å². The van der Waals surface area contributed by atoms with E-state index in [9.17, 15) is 0 Å². The van der Waals surface area contributed by atoms with Crippen molar-refractivity contribution in [3.05, 3.63) is 23.7 Å². The highest BCUT2D eigenvalue weighted by Crippen LogP contribution is 2.16. The number of hydrogen-bond donors (Lipinski definition) is 1. The summed E-state index contributed by atoms with van der Waals surface area (Å²) >= 11 is 0. The van der Waals surface area contributed by atoms with Gasteiger partial charge in [-0.05, 0) is 19.1 Å². The Hall–Kier alpha value is -0.760. The molecule has 1 atom stereocenters. The van der Waals surface area contributed by atoms with Crippen molar-refractivity contribution in [1.82, 2.24) is 5.32 Å². The lowest BCUT2D eigenvalue weighted by molar-refractivity contribution is 0.391. The number of rotatable bonds is 4.